The SMILES string of the molecule is CCc1ccc(CC)c(OCc2cc(Cl)ccc2[C@@H](O)C#N)c1. The lowest BCUT2D eigenvalue weighted by molar-refractivity contribution is 0.229. The van der Waals surface area contributed by atoms with Crippen molar-refractivity contribution in [3.8, 4) is 11.8 Å². The molecule has 0 bridgehead atoms. The lowest BCUT2D eigenvalue weighted by Crippen LogP contribution is -2.05. The van der Waals surface area contributed by atoms with Crippen molar-refractivity contribution in [2.45, 2.75) is 39.4 Å². The quantitative estimate of drug-likeness (QED) is 0.788. The summed E-state index contributed by atoms with van der Waals surface area (Å²) < 4.78 is 5.97. The predicted molar refractivity (Wildman–Crippen MR) is 91.6 cm³/mol. The zero-order chi connectivity index (χ0) is 16.8. The molecule has 23 heavy (non-hydrogen) atoms. The summed E-state index contributed by atoms with van der Waals surface area (Å²) >= 11 is 6.03. The van der Waals surface area contributed by atoms with E-state index >= 15 is 0 Å². The van der Waals surface area contributed by atoms with E-state index in [0.29, 0.717) is 10.6 Å². The molecular weight excluding hydrogens is 310 g/mol. The number of rotatable bonds is 6. The fourth-order valence-corrected chi connectivity index (χ4v) is 2.63. The minimum absolute atomic E-state index is 0.259. The number of nitrogens with zero attached hydrogens (tertiary/aromatic N) is 1. The molecule has 0 aromatic heterocycles. The molecule has 0 aliphatic rings. The molecule has 2 aromatic rings. The Hall–Kier alpha value is -2.02. The lowest BCUT2D eigenvalue weighted by Gasteiger charge is -2.15. The first-order valence-electron chi connectivity index (χ1n) is 7.69. The van der Waals surface area contributed by atoms with Gasteiger partial charge < -0.3 is 9.84 Å². The van der Waals surface area contributed by atoms with Gasteiger partial charge in [-0.25, -0.2) is 0 Å². The average molecular weight is 330 g/mol. The second kappa shape index (κ2) is 8.01. The number of hydrogen-bond donors (Lipinski definition) is 1. The summed E-state index contributed by atoms with van der Waals surface area (Å²) in [6.45, 7) is 4.44. The Kier molecular flexibility index (Phi) is 6.04. The van der Waals surface area contributed by atoms with Crippen molar-refractivity contribution in [3.63, 3.8) is 0 Å². The minimum Gasteiger partial charge on any atom is -0.489 e. The van der Waals surface area contributed by atoms with Crippen LogP contribution in [-0.2, 0) is 19.4 Å². The third kappa shape index (κ3) is 4.25. The molecule has 0 unspecified atom stereocenters. The molecule has 0 fully saturated rings. The molecule has 1 N–H and O–H groups in total. The first-order chi connectivity index (χ1) is 11.1. The van der Waals surface area contributed by atoms with Crippen LogP contribution in [0, 0.1) is 11.3 Å². The molecular formula is C19H20ClNO2. The van der Waals surface area contributed by atoms with Crippen molar-refractivity contribution in [2.24, 2.45) is 0 Å². The van der Waals surface area contributed by atoms with E-state index in [9.17, 15) is 5.11 Å². The summed E-state index contributed by atoms with van der Waals surface area (Å²) in [5.41, 5.74) is 3.59. The molecule has 2 rings (SSSR count). The molecule has 1 atom stereocenters. The molecule has 2 aromatic carbocycles. The van der Waals surface area contributed by atoms with Gasteiger partial charge in [-0.15, -0.1) is 0 Å². The zero-order valence-corrected chi connectivity index (χ0v) is 14.1. The van der Waals surface area contributed by atoms with Crippen molar-refractivity contribution in [2.75, 3.05) is 0 Å². The molecule has 0 saturated carbocycles. The van der Waals surface area contributed by atoms with Crippen LogP contribution < -0.4 is 4.74 Å². The van der Waals surface area contributed by atoms with E-state index in [1.54, 1.807) is 18.2 Å². The average Bonchev–Trinajstić information content (AvgIpc) is 2.59. The van der Waals surface area contributed by atoms with Crippen molar-refractivity contribution in [1.82, 2.24) is 0 Å². The largest absolute Gasteiger partial charge is 0.489 e. The lowest BCUT2D eigenvalue weighted by atomic mass is 10.0. The van der Waals surface area contributed by atoms with Crippen LogP contribution in [0.15, 0.2) is 36.4 Å². The van der Waals surface area contributed by atoms with Crippen LogP contribution in [-0.4, -0.2) is 5.11 Å². The van der Waals surface area contributed by atoms with Gasteiger partial charge in [-0.1, -0.05) is 43.6 Å². The summed E-state index contributed by atoms with van der Waals surface area (Å²) in [6, 6.07) is 13.1. The van der Waals surface area contributed by atoms with E-state index < -0.39 is 6.10 Å². The van der Waals surface area contributed by atoms with Gasteiger partial charge in [0.05, 0.1) is 6.07 Å². The van der Waals surface area contributed by atoms with Crippen molar-refractivity contribution in [3.05, 3.63) is 63.7 Å². The highest BCUT2D eigenvalue weighted by Gasteiger charge is 2.13. The molecule has 4 heteroatoms. The molecule has 0 radical (unpaired) electrons. The van der Waals surface area contributed by atoms with E-state index in [1.807, 2.05) is 12.1 Å². The number of benzene rings is 2. The number of hydrogen-bond acceptors (Lipinski definition) is 3. The van der Waals surface area contributed by atoms with E-state index in [1.165, 1.54) is 5.56 Å². The standard InChI is InChI=1S/C19H20ClNO2/c1-3-13-5-6-14(4-2)19(9-13)23-12-15-10-16(20)7-8-17(15)18(22)11-21/h5-10,18,22H,3-4,12H2,1-2H3/t18-/m0/s1. The summed E-state index contributed by atoms with van der Waals surface area (Å²) in [7, 11) is 0. The Labute approximate surface area is 142 Å². The highest BCUT2D eigenvalue weighted by Crippen LogP contribution is 2.26. The zero-order valence-electron chi connectivity index (χ0n) is 13.3. The van der Waals surface area contributed by atoms with Gasteiger partial charge in [-0.2, -0.15) is 5.26 Å². The minimum atomic E-state index is -1.18. The van der Waals surface area contributed by atoms with Gasteiger partial charge in [0, 0.05) is 10.6 Å². The molecule has 3 nitrogen and oxygen atoms in total. The Bertz CT molecular complexity index is 722. The third-order valence-corrected chi connectivity index (χ3v) is 4.06. The highest BCUT2D eigenvalue weighted by atomic mass is 35.5. The highest BCUT2D eigenvalue weighted by molar-refractivity contribution is 6.30. The Balaban J connectivity index is 2.27. The molecule has 0 aliphatic carbocycles. The normalized spacial score (nSPS) is 11.8. The van der Waals surface area contributed by atoms with Gasteiger partial charge in [0.25, 0.3) is 0 Å². The maximum atomic E-state index is 9.82. The number of aliphatic hydroxyl groups is 1. The molecule has 0 spiro atoms. The van der Waals surface area contributed by atoms with Crippen molar-refractivity contribution in [1.29, 1.82) is 5.26 Å². The topological polar surface area (TPSA) is 53.2 Å². The van der Waals surface area contributed by atoms with Gasteiger partial charge >= 0.3 is 0 Å². The van der Waals surface area contributed by atoms with Crippen LogP contribution >= 0.6 is 11.6 Å². The van der Waals surface area contributed by atoms with E-state index in [-0.39, 0.29) is 6.61 Å². The van der Waals surface area contributed by atoms with E-state index in [2.05, 4.69) is 26.0 Å². The van der Waals surface area contributed by atoms with Crippen molar-refractivity contribution >= 4 is 11.6 Å². The molecule has 0 saturated heterocycles. The van der Waals surface area contributed by atoms with Crippen LogP contribution in [0.3, 0.4) is 0 Å². The first kappa shape index (κ1) is 17.3. The van der Waals surface area contributed by atoms with Crippen LogP contribution in [0.1, 0.15) is 42.2 Å². The molecule has 0 aliphatic heterocycles. The van der Waals surface area contributed by atoms with Gasteiger partial charge in [0.15, 0.2) is 6.10 Å². The maximum absolute atomic E-state index is 9.82. The first-order valence-corrected chi connectivity index (χ1v) is 8.07. The van der Waals surface area contributed by atoms with Gasteiger partial charge in [-0.05, 0) is 47.7 Å². The van der Waals surface area contributed by atoms with Gasteiger partial charge in [-0.3, -0.25) is 0 Å². The number of halogens is 1. The summed E-state index contributed by atoms with van der Waals surface area (Å²) in [6.07, 6.45) is 0.636. The second-order valence-electron chi connectivity index (χ2n) is 5.31. The van der Waals surface area contributed by atoms with Crippen LogP contribution in [0.5, 0.6) is 5.75 Å². The Morgan fingerprint density at radius 1 is 1.13 bits per heavy atom. The summed E-state index contributed by atoms with van der Waals surface area (Å²) in [5.74, 6) is 0.837. The van der Waals surface area contributed by atoms with Crippen LogP contribution in [0.4, 0.5) is 0 Å². The molecule has 0 heterocycles. The number of aliphatic hydroxyl groups excluding tert-OH is 1. The van der Waals surface area contributed by atoms with E-state index in [4.69, 9.17) is 21.6 Å². The van der Waals surface area contributed by atoms with Crippen LogP contribution in [0.2, 0.25) is 5.02 Å². The maximum Gasteiger partial charge on any atom is 0.166 e. The van der Waals surface area contributed by atoms with Crippen LogP contribution in [0.25, 0.3) is 0 Å². The van der Waals surface area contributed by atoms with Crippen molar-refractivity contribution < 1.29 is 9.84 Å². The van der Waals surface area contributed by atoms with Gasteiger partial charge in [0.2, 0.25) is 0 Å². The van der Waals surface area contributed by atoms with E-state index in [0.717, 1.165) is 29.7 Å². The monoisotopic (exact) mass is 329 g/mol. The van der Waals surface area contributed by atoms with Gasteiger partial charge in [0.1, 0.15) is 12.4 Å². The Morgan fingerprint density at radius 2 is 1.91 bits per heavy atom. The fraction of sp³-hybridized carbons (Fsp3) is 0.316. The molecule has 120 valence electrons. The summed E-state index contributed by atoms with van der Waals surface area (Å²) in [5, 5.41) is 19.3. The second-order valence-corrected chi connectivity index (χ2v) is 5.75. The fourth-order valence-electron chi connectivity index (χ4n) is 2.44. The Morgan fingerprint density at radius 3 is 2.57 bits per heavy atom. The predicted octanol–water partition coefficient (Wildman–Crippen LogP) is 4.60. The summed E-state index contributed by atoms with van der Waals surface area (Å²) in [4.78, 5) is 0. The number of ether oxygens (including phenoxy) is 1. The molecule has 0 amide bonds. The smallest absolute Gasteiger partial charge is 0.166 e. The number of aryl methyl sites for hydroxylation is 2. The third-order valence-electron chi connectivity index (χ3n) is 3.83. The number of nitriles is 1.